The van der Waals surface area contributed by atoms with Gasteiger partial charge in [0, 0.05) is 22.8 Å². The molecular formula is C20H17ClN2O3. The van der Waals surface area contributed by atoms with Crippen molar-refractivity contribution in [1.29, 1.82) is 0 Å². The number of rotatable bonds is 7. The lowest BCUT2D eigenvalue weighted by atomic mass is 10.0. The molecule has 0 amide bonds. The second kappa shape index (κ2) is 7.54. The van der Waals surface area contributed by atoms with E-state index < -0.39 is 10.9 Å². The Bertz CT molecular complexity index is 1020. The van der Waals surface area contributed by atoms with Crippen molar-refractivity contribution < 1.29 is 4.79 Å². The van der Waals surface area contributed by atoms with E-state index in [1.165, 1.54) is 6.92 Å². The summed E-state index contributed by atoms with van der Waals surface area (Å²) in [6.45, 7) is 1.96. The minimum atomic E-state index is -0.549. The highest BCUT2D eigenvalue weighted by Gasteiger charge is 2.20. The molecule has 0 bridgehead atoms. The summed E-state index contributed by atoms with van der Waals surface area (Å²) in [6, 6.07) is 14.2. The van der Waals surface area contributed by atoms with Gasteiger partial charge in [0.25, 0.3) is 10.9 Å². The highest BCUT2D eigenvalue weighted by Crippen LogP contribution is 2.22. The van der Waals surface area contributed by atoms with Crippen LogP contribution in [-0.4, -0.2) is 12.3 Å². The molecule has 6 heteroatoms. The van der Waals surface area contributed by atoms with Crippen LogP contribution in [0.2, 0.25) is 5.02 Å². The topological polar surface area (TPSA) is 75.3 Å². The van der Waals surface area contributed by atoms with Crippen LogP contribution in [0, 0.1) is 0 Å². The van der Waals surface area contributed by atoms with Gasteiger partial charge in [-0.3, -0.25) is 14.4 Å². The second-order valence-electron chi connectivity index (χ2n) is 5.93. The molecule has 0 saturated heterocycles. The number of hydrogen-bond donors (Lipinski definition) is 2. The minimum Gasteiger partial charge on any atom is -0.380 e. The molecule has 2 N–H and O–H groups in total. The normalized spacial score (nSPS) is 10.7. The van der Waals surface area contributed by atoms with Gasteiger partial charge in [0.15, 0.2) is 5.78 Å². The summed E-state index contributed by atoms with van der Waals surface area (Å²) >= 11 is 5.84. The van der Waals surface area contributed by atoms with Crippen molar-refractivity contribution in [3.63, 3.8) is 0 Å². The number of benzene rings is 2. The van der Waals surface area contributed by atoms with E-state index in [-0.39, 0.29) is 17.2 Å². The molecule has 3 rings (SSSR count). The third-order valence-corrected chi connectivity index (χ3v) is 4.37. The summed E-state index contributed by atoms with van der Waals surface area (Å²) in [6.07, 6.45) is 0.564. The van der Waals surface area contributed by atoms with E-state index in [4.69, 9.17) is 11.6 Å². The molecule has 0 atom stereocenters. The van der Waals surface area contributed by atoms with Crippen molar-refractivity contribution in [2.45, 2.75) is 13.3 Å². The van der Waals surface area contributed by atoms with Crippen LogP contribution in [0.15, 0.2) is 58.1 Å². The lowest BCUT2D eigenvalue weighted by molar-refractivity contribution is 0.101. The van der Waals surface area contributed by atoms with Crippen molar-refractivity contribution in [2.24, 2.45) is 0 Å². The van der Waals surface area contributed by atoms with Gasteiger partial charge in [-0.1, -0.05) is 35.9 Å². The summed E-state index contributed by atoms with van der Waals surface area (Å²) in [5, 5.41) is 6.54. The molecule has 0 saturated carbocycles. The third-order valence-electron chi connectivity index (χ3n) is 4.12. The zero-order valence-corrected chi connectivity index (χ0v) is 14.9. The Morgan fingerprint density at radius 2 is 1.62 bits per heavy atom. The number of anilines is 3. The van der Waals surface area contributed by atoms with Crippen LogP contribution in [0.3, 0.4) is 0 Å². The van der Waals surface area contributed by atoms with E-state index in [9.17, 15) is 14.4 Å². The Labute approximate surface area is 155 Å². The first-order valence-corrected chi connectivity index (χ1v) is 8.54. The fourth-order valence-electron chi connectivity index (χ4n) is 2.76. The molecule has 0 heterocycles. The fourth-order valence-corrected chi connectivity index (χ4v) is 2.89. The Kier molecular flexibility index (Phi) is 5.19. The standard InChI is InChI=1S/C20H17ClN2O3/c1-12(24)16-5-3-2-4-13(16)10-11-22-17-18(20(26)19(17)25)23-15-8-6-14(21)7-9-15/h2-9,22-23H,10-11H2,1H3. The van der Waals surface area contributed by atoms with Crippen molar-refractivity contribution in [3.05, 3.63) is 85.1 Å². The summed E-state index contributed by atoms with van der Waals surface area (Å²) < 4.78 is 0. The Morgan fingerprint density at radius 3 is 2.31 bits per heavy atom. The number of halogens is 1. The van der Waals surface area contributed by atoms with E-state index in [0.717, 1.165) is 5.56 Å². The first-order valence-electron chi connectivity index (χ1n) is 8.16. The van der Waals surface area contributed by atoms with Crippen LogP contribution < -0.4 is 21.5 Å². The van der Waals surface area contributed by atoms with E-state index >= 15 is 0 Å². The molecule has 0 aliphatic carbocycles. The van der Waals surface area contributed by atoms with E-state index in [1.54, 1.807) is 30.3 Å². The van der Waals surface area contributed by atoms with Crippen molar-refractivity contribution in [2.75, 3.05) is 17.2 Å². The van der Waals surface area contributed by atoms with E-state index in [2.05, 4.69) is 10.6 Å². The quantitative estimate of drug-likeness (QED) is 0.493. The summed E-state index contributed by atoms with van der Waals surface area (Å²) in [7, 11) is 0. The lowest BCUT2D eigenvalue weighted by Gasteiger charge is -2.15. The number of carbonyl (C=O) groups is 1. The largest absolute Gasteiger partial charge is 0.380 e. The van der Waals surface area contributed by atoms with Gasteiger partial charge in [0.2, 0.25) is 0 Å². The van der Waals surface area contributed by atoms with Gasteiger partial charge in [-0.05, 0) is 43.2 Å². The molecule has 3 aromatic carbocycles. The highest BCUT2D eigenvalue weighted by atomic mass is 35.5. The van der Waals surface area contributed by atoms with Crippen LogP contribution >= 0.6 is 11.6 Å². The number of ketones is 1. The molecule has 0 unspecified atom stereocenters. The van der Waals surface area contributed by atoms with Gasteiger partial charge in [-0.2, -0.15) is 0 Å². The van der Waals surface area contributed by atoms with Gasteiger partial charge < -0.3 is 10.6 Å². The number of hydrogen-bond acceptors (Lipinski definition) is 5. The van der Waals surface area contributed by atoms with Crippen LogP contribution in [0.1, 0.15) is 22.8 Å². The number of Topliss-reactive ketones (excluding diaryl/α,β-unsaturated/α-hetero) is 1. The zero-order chi connectivity index (χ0) is 18.7. The second-order valence-corrected chi connectivity index (χ2v) is 6.37. The Hall–Kier alpha value is -2.92. The van der Waals surface area contributed by atoms with Crippen molar-refractivity contribution >= 4 is 34.4 Å². The highest BCUT2D eigenvalue weighted by molar-refractivity contribution is 6.30. The average molecular weight is 369 g/mol. The minimum absolute atomic E-state index is 0.000178. The molecule has 0 spiro atoms. The molecule has 132 valence electrons. The molecular weight excluding hydrogens is 352 g/mol. The third kappa shape index (κ3) is 3.68. The predicted molar refractivity (Wildman–Crippen MR) is 105 cm³/mol. The van der Waals surface area contributed by atoms with Gasteiger partial charge in [-0.15, -0.1) is 0 Å². The SMILES string of the molecule is CC(=O)c1ccccc1CCNc1c(Nc2ccc(Cl)cc2)c(=O)c1=O. The average Bonchev–Trinajstić information content (AvgIpc) is 2.65. The van der Waals surface area contributed by atoms with Crippen molar-refractivity contribution in [3.8, 4) is 0 Å². The summed E-state index contributed by atoms with van der Waals surface area (Å²) in [5.41, 5.74) is 1.67. The van der Waals surface area contributed by atoms with Crippen molar-refractivity contribution in [1.82, 2.24) is 0 Å². The monoisotopic (exact) mass is 368 g/mol. The molecule has 5 nitrogen and oxygen atoms in total. The fraction of sp³-hybridized carbons (Fsp3) is 0.150. The molecule has 0 aliphatic heterocycles. The molecule has 0 radical (unpaired) electrons. The van der Waals surface area contributed by atoms with Crippen LogP contribution in [0.4, 0.5) is 17.1 Å². The molecule has 26 heavy (non-hydrogen) atoms. The van der Waals surface area contributed by atoms with Crippen LogP contribution in [0.5, 0.6) is 0 Å². The molecule has 3 aromatic rings. The molecule has 0 aliphatic rings. The van der Waals surface area contributed by atoms with Gasteiger partial charge in [0.1, 0.15) is 11.4 Å². The smallest absolute Gasteiger partial charge is 0.253 e. The van der Waals surface area contributed by atoms with E-state index in [0.29, 0.717) is 29.2 Å². The Balaban J connectivity index is 1.69. The maximum atomic E-state index is 11.8. The lowest BCUT2D eigenvalue weighted by Crippen LogP contribution is -2.37. The maximum Gasteiger partial charge on any atom is 0.253 e. The molecule has 0 aromatic heterocycles. The molecule has 0 fully saturated rings. The Morgan fingerprint density at radius 1 is 0.962 bits per heavy atom. The number of carbonyl (C=O) groups excluding carboxylic acids is 1. The number of nitrogens with one attached hydrogen (secondary N) is 2. The van der Waals surface area contributed by atoms with Gasteiger partial charge in [0.05, 0.1) is 0 Å². The summed E-state index contributed by atoms with van der Waals surface area (Å²) in [5.74, 6) is -0.000178. The van der Waals surface area contributed by atoms with Gasteiger partial charge >= 0.3 is 0 Å². The van der Waals surface area contributed by atoms with Crippen LogP contribution in [-0.2, 0) is 6.42 Å². The first-order chi connectivity index (χ1) is 12.5. The van der Waals surface area contributed by atoms with E-state index in [1.807, 2.05) is 18.2 Å². The zero-order valence-electron chi connectivity index (χ0n) is 14.1. The summed E-state index contributed by atoms with van der Waals surface area (Å²) in [4.78, 5) is 35.3. The predicted octanol–water partition coefficient (Wildman–Crippen LogP) is 3.54. The van der Waals surface area contributed by atoms with Gasteiger partial charge in [-0.25, -0.2) is 0 Å². The van der Waals surface area contributed by atoms with Crippen LogP contribution in [0.25, 0.3) is 0 Å². The maximum absolute atomic E-state index is 11.8. The first kappa shape index (κ1) is 17.9.